The Morgan fingerprint density at radius 3 is 2.46 bits per heavy atom. The minimum absolute atomic E-state index is 0.0598. The number of hydrogen-bond donors (Lipinski definition) is 4. The molecule has 0 bridgehead atoms. The van der Waals surface area contributed by atoms with Crippen molar-refractivity contribution in [3.05, 3.63) is 105 Å². The molecule has 2 fully saturated rings. The van der Waals surface area contributed by atoms with Crippen LogP contribution >= 0.6 is 23.2 Å². The molecule has 3 aromatic heterocycles. The summed E-state index contributed by atoms with van der Waals surface area (Å²) >= 11 is 14.2. The van der Waals surface area contributed by atoms with Gasteiger partial charge in [0.15, 0.2) is 0 Å². The number of aromatic nitrogens is 3. The van der Waals surface area contributed by atoms with Gasteiger partial charge in [0.2, 0.25) is 11.8 Å². The van der Waals surface area contributed by atoms with Gasteiger partial charge in [0.1, 0.15) is 11.7 Å². The van der Waals surface area contributed by atoms with Crippen LogP contribution in [0.3, 0.4) is 0 Å². The molecule has 5 heterocycles. The van der Waals surface area contributed by atoms with E-state index in [1.807, 2.05) is 48.5 Å². The average Bonchev–Trinajstić information content (AvgIpc) is 3.73. The number of amides is 1. The Labute approximate surface area is 309 Å². The quantitative estimate of drug-likeness (QED) is 0.148. The van der Waals surface area contributed by atoms with E-state index in [2.05, 4.69) is 15.6 Å². The SMILES string of the molecule is COc1nc(-c2cccc(-c3cccc(-c4ccn5c(=O)c(CN6C[C@@H](O)C[C@H]6C(=O)O)cnc5c4)c3Cl)c2Cl)ccc1CNC[C@@H]1CCC(=O)N1. The van der Waals surface area contributed by atoms with Crippen LogP contribution in [0.15, 0.2) is 77.9 Å². The number of fused-ring (bicyclic) bond motifs is 1. The number of nitrogens with zero attached hydrogens (tertiary/aromatic N) is 4. The fraction of sp³-hybridized carbons (Fsp3) is 0.289. The maximum absolute atomic E-state index is 13.4. The van der Waals surface area contributed by atoms with Gasteiger partial charge in [-0.2, -0.15) is 0 Å². The highest BCUT2D eigenvalue weighted by molar-refractivity contribution is 6.39. The number of carboxylic acids is 1. The highest BCUT2D eigenvalue weighted by Crippen LogP contribution is 2.42. The number of aliphatic carboxylic acids is 1. The molecule has 0 radical (unpaired) electrons. The topological polar surface area (TPSA) is 158 Å². The molecule has 7 rings (SSSR count). The molecule has 0 aliphatic carbocycles. The van der Waals surface area contributed by atoms with Gasteiger partial charge in [0, 0.05) is 85.3 Å². The van der Waals surface area contributed by atoms with Gasteiger partial charge in [-0.1, -0.05) is 65.7 Å². The number of aliphatic hydroxyl groups is 1. The Bertz CT molecular complexity index is 2250. The maximum Gasteiger partial charge on any atom is 0.321 e. The van der Waals surface area contributed by atoms with E-state index >= 15 is 0 Å². The van der Waals surface area contributed by atoms with Crippen molar-refractivity contribution < 1.29 is 24.5 Å². The first-order valence-electron chi connectivity index (χ1n) is 16.9. The molecule has 0 saturated carbocycles. The minimum Gasteiger partial charge on any atom is -0.481 e. The molecule has 2 aromatic carbocycles. The summed E-state index contributed by atoms with van der Waals surface area (Å²) in [6.07, 6.45) is 3.79. The molecule has 1 amide bonds. The second kappa shape index (κ2) is 15.0. The number of carbonyl (C=O) groups is 2. The second-order valence-corrected chi connectivity index (χ2v) is 13.8. The Kier molecular flexibility index (Phi) is 10.3. The van der Waals surface area contributed by atoms with Gasteiger partial charge in [-0.15, -0.1) is 0 Å². The number of likely N-dealkylation sites (tertiary alicyclic amines) is 1. The van der Waals surface area contributed by atoms with Crippen molar-refractivity contribution in [3.63, 3.8) is 0 Å². The summed E-state index contributed by atoms with van der Waals surface area (Å²) in [4.78, 5) is 47.4. The number of hydrogen-bond acceptors (Lipinski definition) is 9. The van der Waals surface area contributed by atoms with Gasteiger partial charge in [-0.3, -0.25) is 23.7 Å². The van der Waals surface area contributed by atoms with E-state index in [4.69, 9.17) is 32.9 Å². The van der Waals surface area contributed by atoms with Gasteiger partial charge in [0.25, 0.3) is 5.56 Å². The fourth-order valence-electron chi connectivity index (χ4n) is 6.96. The molecular formula is C38H36Cl2N6O6. The summed E-state index contributed by atoms with van der Waals surface area (Å²) < 4.78 is 7.05. The van der Waals surface area contributed by atoms with Crippen LogP contribution in [-0.2, 0) is 22.7 Å². The van der Waals surface area contributed by atoms with Gasteiger partial charge in [0.05, 0.1) is 34.5 Å². The van der Waals surface area contributed by atoms with Gasteiger partial charge < -0.3 is 25.6 Å². The van der Waals surface area contributed by atoms with Crippen molar-refractivity contribution >= 4 is 40.7 Å². The predicted molar refractivity (Wildman–Crippen MR) is 197 cm³/mol. The molecule has 2 aliphatic rings. The Morgan fingerprint density at radius 2 is 1.75 bits per heavy atom. The number of rotatable bonds is 11. The number of benzene rings is 2. The van der Waals surface area contributed by atoms with E-state index in [0.29, 0.717) is 74.6 Å². The van der Waals surface area contributed by atoms with Crippen molar-refractivity contribution in [1.29, 1.82) is 0 Å². The van der Waals surface area contributed by atoms with Crippen molar-refractivity contribution in [3.8, 4) is 39.4 Å². The van der Waals surface area contributed by atoms with E-state index in [1.165, 1.54) is 10.6 Å². The first kappa shape index (κ1) is 35.5. The van der Waals surface area contributed by atoms with Gasteiger partial charge in [-0.25, -0.2) is 9.97 Å². The Balaban J connectivity index is 1.14. The summed E-state index contributed by atoms with van der Waals surface area (Å²) in [5.74, 6) is -0.485. The van der Waals surface area contributed by atoms with Crippen LogP contribution in [0, 0.1) is 0 Å². The third-order valence-corrected chi connectivity index (χ3v) is 10.4. The molecule has 52 heavy (non-hydrogen) atoms. The van der Waals surface area contributed by atoms with Crippen LogP contribution in [0.1, 0.15) is 30.4 Å². The number of carboxylic acid groups (broad SMARTS) is 1. The summed E-state index contributed by atoms with van der Waals surface area (Å²) in [5.41, 5.74) is 5.48. The molecule has 14 heteroatoms. The highest BCUT2D eigenvalue weighted by atomic mass is 35.5. The number of aliphatic hydroxyl groups excluding tert-OH is 1. The first-order valence-corrected chi connectivity index (χ1v) is 17.6. The highest BCUT2D eigenvalue weighted by Gasteiger charge is 2.36. The van der Waals surface area contributed by atoms with Crippen molar-refractivity contribution in [2.45, 2.75) is 50.5 Å². The number of carbonyl (C=O) groups excluding carboxylic acids is 1. The van der Waals surface area contributed by atoms with Crippen LogP contribution in [0.2, 0.25) is 10.0 Å². The van der Waals surface area contributed by atoms with Crippen molar-refractivity contribution in [2.24, 2.45) is 0 Å². The number of β-amino-alcohol motifs (C(OH)–C–C–N with tert-alkyl or cyclic N) is 1. The molecule has 0 unspecified atom stereocenters. The summed E-state index contributed by atoms with van der Waals surface area (Å²) in [7, 11) is 1.57. The van der Waals surface area contributed by atoms with Crippen molar-refractivity contribution in [1.82, 2.24) is 29.9 Å². The van der Waals surface area contributed by atoms with Crippen LogP contribution < -0.4 is 20.9 Å². The molecule has 2 aliphatic heterocycles. The molecule has 268 valence electrons. The third-order valence-electron chi connectivity index (χ3n) is 9.62. The number of ether oxygens (including phenoxy) is 1. The van der Waals surface area contributed by atoms with Gasteiger partial charge in [-0.05, 0) is 30.2 Å². The molecule has 12 nitrogen and oxygen atoms in total. The molecule has 3 atom stereocenters. The Hall–Kier alpha value is -4.85. The monoisotopic (exact) mass is 742 g/mol. The minimum atomic E-state index is -1.04. The first-order chi connectivity index (χ1) is 25.1. The van der Waals surface area contributed by atoms with E-state index in [0.717, 1.165) is 17.5 Å². The normalized spacial score (nSPS) is 18.9. The number of pyridine rings is 2. The van der Waals surface area contributed by atoms with E-state index in [1.54, 1.807) is 30.3 Å². The largest absolute Gasteiger partial charge is 0.481 e. The summed E-state index contributed by atoms with van der Waals surface area (Å²) in [5, 5.41) is 26.8. The van der Waals surface area contributed by atoms with E-state index in [9.17, 15) is 24.6 Å². The predicted octanol–water partition coefficient (Wildman–Crippen LogP) is 4.79. The van der Waals surface area contributed by atoms with Crippen molar-refractivity contribution in [2.75, 3.05) is 20.2 Å². The standard InChI is InChI=1S/C38H36Cl2N6O6/c1-52-36-22(16-41-18-24-9-11-33(48)43-24)8-10-30(44-36)29-7-3-6-28(35(29)40)27-5-2-4-26(34(27)39)21-12-13-46-32(14-21)42-17-23(37(46)49)19-45-20-25(47)15-31(45)38(50)51/h2-8,10,12-14,17,24-25,31,41,47H,9,11,15-16,18-20H2,1H3,(H,43,48)(H,50,51)/t24-,25-,31-/m0/s1. The summed E-state index contributed by atoms with van der Waals surface area (Å²) in [6, 6.07) is 18.0. The third kappa shape index (κ3) is 7.12. The van der Waals surface area contributed by atoms with Crippen LogP contribution in [0.5, 0.6) is 5.88 Å². The molecule has 2 saturated heterocycles. The zero-order chi connectivity index (χ0) is 36.5. The lowest BCUT2D eigenvalue weighted by Gasteiger charge is -2.20. The summed E-state index contributed by atoms with van der Waals surface area (Å²) in [6.45, 7) is 1.40. The number of halogens is 2. The number of methoxy groups -OCH3 is 1. The smallest absolute Gasteiger partial charge is 0.321 e. The molecule has 4 N–H and O–H groups in total. The molecular weight excluding hydrogens is 707 g/mol. The lowest BCUT2D eigenvalue weighted by atomic mass is 9.97. The Morgan fingerprint density at radius 1 is 1.02 bits per heavy atom. The maximum atomic E-state index is 13.4. The number of nitrogens with one attached hydrogen (secondary N) is 2. The van der Waals surface area contributed by atoms with Crippen LogP contribution in [0.25, 0.3) is 39.2 Å². The average molecular weight is 744 g/mol. The second-order valence-electron chi connectivity index (χ2n) is 13.0. The van der Waals surface area contributed by atoms with Crippen LogP contribution in [-0.4, -0.2) is 79.7 Å². The lowest BCUT2D eigenvalue weighted by molar-refractivity contribution is -0.142. The van der Waals surface area contributed by atoms with E-state index in [-0.39, 0.29) is 37.0 Å². The lowest BCUT2D eigenvalue weighted by Crippen LogP contribution is -2.37. The van der Waals surface area contributed by atoms with E-state index < -0.39 is 18.1 Å². The zero-order valence-electron chi connectivity index (χ0n) is 28.2. The van der Waals surface area contributed by atoms with Gasteiger partial charge >= 0.3 is 5.97 Å². The van der Waals surface area contributed by atoms with Crippen LogP contribution in [0.4, 0.5) is 0 Å². The molecule has 0 spiro atoms. The molecule has 5 aromatic rings. The fourth-order valence-corrected chi connectivity index (χ4v) is 7.62. The zero-order valence-corrected chi connectivity index (χ0v) is 29.7.